The molecule has 230 valence electrons. The van der Waals surface area contributed by atoms with Crippen LogP contribution in [-0.4, -0.2) is 35.4 Å². The first-order valence-electron chi connectivity index (χ1n) is 15.5. The van der Waals surface area contributed by atoms with Gasteiger partial charge >= 0.3 is 0 Å². The Hall–Kier alpha value is -2.72. The van der Waals surface area contributed by atoms with Crippen molar-refractivity contribution in [2.75, 3.05) is 24.6 Å². The molecule has 3 rings (SSSR count). The molecule has 0 atom stereocenters. The van der Waals surface area contributed by atoms with Gasteiger partial charge in [0, 0.05) is 49.4 Å². The average Bonchev–Trinajstić information content (AvgIpc) is 3.33. The monoisotopic (exact) mass is 590 g/mol. The molecule has 1 N–H and O–H groups in total. The fourth-order valence-corrected chi connectivity index (χ4v) is 5.61. The highest BCUT2D eigenvalue weighted by molar-refractivity contribution is 8.01. The fraction of sp³-hybridized carbons (Fsp3) is 0.528. The number of allylic oxidation sites excluding steroid dienone is 2. The molecule has 2 aromatic carbocycles. The van der Waals surface area contributed by atoms with E-state index in [2.05, 4.69) is 124 Å². The molecule has 0 aliphatic rings. The van der Waals surface area contributed by atoms with Crippen LogP contribution in [0, 0.1) is 11.3 Å². The quantitative estimate of drug-likeness (QED) is 0.159. The molecule has 0 saturated carbocycles. The van der Waals surface area contributed by atoms with Crippen LogP contribution in [0.15, 0.2) is 53.4 Å². The largest absolute Gasteiger partial charge is 0.376 e. The van der Waals surface area contributed by atoms with Gasteiger partial charge in [0.1, 0.15) is 11.0 Å². The van der Waals surface area contributed by atoms with Crippen LogP contribution in [0.25, 0.3) is 27.6 Å². The van der Waals surface area contributed by atoms with Crippen molar-refractivity contribution in [1.82, 2.24) is 9.29 Å². The SMILES string of the molecule is CC.CCCN(CCC)c1ccc2cc(-c3ccc(/C(C)=C(\C#N)SNC(C)(C)CCOC(C)(C)C)n3C)ccc2c1. The first-order chi connectivity index (χ1) is 19.9. The van der Waals surface area contributed by atoms with Crippen molar-refractivity contribution >= 4 is 34.0 Å². The van der Waals surface area contributed by atoms with E-state index in [0.29, 0.717) is 11.5 Å². The van der Waals surface area contributed by atoms with Gasteiger partial charge in [-0.05, 0) is 125 Å². The van der Waals surface area contributed by atoms with E-state index in [9.17, 15) is 5.26 Å². The zero-order chi connectivity index (χ0) is 31.5. The van der Waals surface area contributed by atoms with Gasteiger partial charge in [0.25, 0.3) is 0 Å². The second kappa shape index (κ2) is 16.2. The Kier molecular flexibility index (Phi) is 13.7. The molecule has 0 fully saturated rings. The van der Waals surface area contributed by atoms with Gasteiger partial charge < -0.3 is 14.2 Å². The molecule has 1 aromatic heterocycles. The van der Waals surface area contributed by atoms with E-state index in [1.165, 1.54) is 34.0 Å². The fourth-order valence-electron chi connectivity index (χ4n) is 4.83. The van der Waals surface area contributed by atoms with Crippen LogP contribution in [0.3, 0.4) is 0 Å². The van der Waals surface area contributed by atoms with Crippen LogP contribution in [0.4, 0.5) is 5.69 Å². The standard InChI is InChI=1S/C34H48N4OS.C2H6/c1-10-19-38(20-11-2)29-15-14-26-22-28(13-12-27(26)23-29)31-17-16-30(37(31)9)25(3)32(24-35)40-36-34(7,8)18-21-39-33(4,5)6;1-2/h12-17,22-23,36H,10-11,18-21H2,1-9H3;1-2H3/b32-25+;. The molecular formula is C36H54N4OS. The van der Waals surface area contributed by atoms with Gasteiger partial charge in [-0.3, -0.25) is 4.72 Å². The molecule has 0 radical (unpaired) electrons. The van der Waals surface area contributed by atoms with Crippen LogP contribution in [0.2, 0.25) is 0 Å². The van der Waals surface area contributed by atoms with Crippen LogP contribution in [0.5, 0.6) is 0 Å². The number of benzene rings is 2. The van der Waals surface area contributed by atoms with Gasteiger partial charge in [-0.2, -0.15) is 5.26 Å². The Morgan fingerprint density at radius 2 is 1.57 bits per heavy atom. The van der Waals surface area contributed by atoms with E-state index >= 15 is 0 Å². The first-order valence-corrected chi connectivity index (χ1v) is 16.3. The summed E-state index contributed by atoms with van der Waals surface area (Å²) >= 11 is 1.41. The predicted octanol–water partition coefficient (Wildman–Crippen LogP) is 9.97. The van der Waals surface area contributed by atoms with E-state index in [1.54, 1.807) is 0 Å². The Bertz CT molecular complexity index is 1350. The van der Waals surface area contributed by atoms with E-state index in [4.69, 9.17) is 4.74 Å². The normalized spacial score (nSPS) is 12.4. The van der Waals surface area contributed by atoms with Gasteiger partial charge in [0.2, 0.25) is 0 Å². The summed E-state index contributed by atoms with van der Waals surface area (Å²) in [4.78, 5) is 3.15. The number of nitrogens with one attached hydrogen (secondary N) is 1. The zero-order valence-electron chi connectivity index (χ0n) is 28.0. The minimum Gasteiger partial charge on any atom is -0.376 e. The van der Waals surface area contributed by atoms with Gasteiger partial charge in [-0.1, -0.05) is 45.9 Å². The highest BCUT2D eigenvalue weighted by Crippen LogP contribution is 2.33. The topological polar surface area (TPSA) is 53.2 Å². The molecular weight excluding hydrogens is 536 g/mol. The molecule has 5 nitrogen and oxygen atoms in total. The third kappa shape index (κ3) is 9.93. The summed E-state index contributed by atoms with van der Waals surface area (Å²) in [6.07, 6.45) is 3.14. The third-order valence-electron chi connectivity index (χ3n) is 7.11. The Balaban J connectivity index is 0.00000301. The summed E-state index contributed by atoms with van der Waals surface area (Å²) in [7, 11) is 2.08. The lowest BCUT2D eigenvalue weighted by molar-refractivity contribution is -0.0101. The first kappa shape index (κ1) is 35.5. The number of nitriles is 1. The minimum atomic E-state index is -0.174. The van der Waals surface area contributed by atoms with Crippen LogP contribution in [0.1, 0.15) is 94.2 Å². The molecule has 1 heterocycles. The molecule has 0 unspecified atom stereocenters. The maximum absolute atomic E-state index is 9.99. The number of hydrogen-bond acceptors (Lipinski definition) is 5. The van der Waals surface area contributed by atoms with Crippen molar-refractivity contribution in [1.29, 1.82) is 5.26 Å². The Morgan fingerprint density at radius 1 is 0.952 bits per heavy atom. The molecule has 0 saturated heterocycles. The summed E-state index contributed by atoms with van der Waals surface area (Å²) in [6, 6.07) is 20.2. The van der Waals surface area contributed by atoms with Crippen LogP contribution < -0.4 is 9.62 Å². The second-order valence-corrected chi connectivity index (χ2v) is 13.1. The van der Waals surface area contributed by atoms with Crippen molar-refractivity contribution < 1.29 is 4.74 Å². The molecule has 0 spiro atoms. The highest BCUT2D eigenvalue weighted by Gasteiger charge is 2.21. The maximum Gasteiger partial charge on any atom is 0.108 e. The minimum absolute atomic E-state index is 0.153. The number of ether oxygens (including phenoxy) is 1. The van der Waals surface area contributed by atoms with Crippen LogP contribution >= 0.6 is 11.9 Å². The smallest absolute Gasteiger partial charge is 0.108 e. The molecule has 42 heavy (non-hydrogen) atoms. The van der Waals surface area contributed by atoms with Crippen LogP contribution in [-0.2, 0) is 11.8 Å². The van der Waals surface area contributed by atoms with Gasteiger partial charge in [0.15, 0.2) is 0 Å². The highest BCUT2D eigenvalue weighted by atomic mass is 32.2. The molecule has 0 aliphatic carbocycles. The van der Waals surface area contributed by atoms with Crippen molar-refractivity contribution in [2.24, 2.45) is 7.05 Å². The van der Waals surface area contributed by atoms with Gasteiger partial charge in [-0.15, -0.1) is 0 Å². The predicted molar refractivity (Wildman–Crippen MR) is 186 cm³/mol. The second-order valence-electron chi connectivity index (χ2n) is 12.3. The average molecular weight is 591 g/mol. The molecule has 0 aliphatic heterocycles. The van der Waals surface area contributed by atoms with E-state index < -0.39 is 0 Å². The van der Waals surface area contributed by atoms with Crippen molar-refractivity contribution in [2.45, 2.75) is 99.6 Å². The molecule has 0 bridgehead atoms. The summed E-state index contributed by atoms with van der Waals surface area (Å²) in [6.45, 7) is 23.8. The van der Waals surface area contributed by atoms with Crippen molar-refractivity contribution in [3.05, 3.63) is 59.1 Å². The number of aromatic nitrogens is 1. The number of nitrogens with zero attached hydrogens (tertiary/aromatic N) is 3. The lowest BCUT2D eigenvalue weighted by atomic mass is 10.0. The Morgan fingerprint density at radius 3 is 2.17 bits per heavy atom. The number of hydrogen-bond donors (Lipinski definition) is 1. The van der Waals surface area contributed by atoms with Gasteiger partial charge in [-0.25, -0.2) is 0 Å². The summed E-state index contributed by atoms with van der Waals surface area (Å²) in [5.74, 6) is 0. The van der Waals surface area contributed by atoms with Crippen molar-refractivity contribution in [3.63, 3.8) is 0 Å². The molecule has 3 aromatic rings. The van der Waals surface area contributed by atoms with E-state index in [-0.39, 0.29) is 11.1 Å². The summed E-state index contributed by atoms with van der Waals surface area (Å²) in [5.41, 5.74) is 5.28. The zero-order valence-corrected chi connectivity index (χ0v) is 28.8. The third-order valence-corrected chi connectivity index (χ3v) is 8.37. The van der Waals surface area contributed by atoms with E-state index in [0.717, 1.165) is 49.3 Å². The van der Waals surface area contributed by atoms with Crippen molar-refractivity contribution in [3.8, 4) is 17.3 Å². The summed E-state index contributed by atoms with van der Waals surface area (Å²) < 4.78 is 11.6. The molecule has 6 heteroatoms. The van der Waals surface area contributed by atoms with Gasteiger partial charge in [0.05, 0.1) is 5.60 Å². The lowest BCUT2D eigenvalue weighted by Gasteiger charge is -2.28. The Labute approximate surface area is 260 Å². The lowest BCUT2D eigenvalue weighted by Crippen LogP contribution is -2.36. The number of fused-ring (bicyclic) bond motifs is 1. The maximum atomic E-state index is 9.99. The summed E-state index contributed by atoms with van der Waals surface area (Å²) in [5, 5.41) is 12.5. The number of anilines is 1. The molecule has 0 amide bonds. The van der Waals surface area contributed by atoms with E-state index in [1.807, 2.05) is 20.8 Å². The number of rotatable bonds is 13.